The highest BCUT2D eigenvalue weighted by atomic mass is 16.4. The van der Waals surface area contributed by atoms with Crippen molar-refractivity contribution in [1.82, 2.24) is 20.0 Å². The molecule has 1 aliphatic heterocycles. The Hall–Kier alpha value is -2.12. The van der Waals surface area contributed by atoms with Crippen molar-refractivity contribution in [3.63, 3.8) is 0 Å². The molecule has 154 valence electrons. The first-order valence-corrected chi connectivity index (χ1v) is 10.3. The van der Waals surface area contributed by atoms with E-state index in [4.69, 9.17) is 5.11 Å². The van der Waals surface area contributed by atoms with Gasteiger partial charge in [0.15, 0.2) is 0 Å². The lowest BCUT2D eigenvalue weighted by Gasteiger charge is -2.43. The quantitative estimate of drug-likeness (QED) is 0.706. The van der Waals surface area contributed by atoms with Crippen molar-refractivity contribution in [2.24, 2.45) is 0 Å². The molecule has 0 atom stereocenters. The molecule has 1 aromatic rings. The molecule has 7 heteroatoms. The molecule has 2 aliphatic rings. The summed E-state index contributed by atoms with van der Waals surface area (Å²) in [5.74, 6) is -0.792. The highest BCUT2D eigenvalue weighted by molar-refractivity contribution is 5.74. The number of aliphatic carboxylic acids is 1. The first kappa shape index (κ1) is 20.6. The standard InChI is InChI=1S/C21H32N4O3/c1-2-24(16-20(26)27)19-14-18(15-19)22-21(28)25-12-10-23(11-13-25)9-8-17-6-4-3-5-7-17/h3-7,18-19H,2,8-16H2,1H3,(H,22,28)(H,26,27). The second-order valence-corrected chi connectivity index (χ2v) is 7.79. The number of carboxylic acids is 1. The van der Waals surface area contributed by atoms with Gasteiger partial charge >= 0.3 is 12.0 Å². The van der Waals surface area contributed by atoms with Gasteiger partial charge in [-0.3, -0.25) is 14.6 Å². The molecule has 1 saturated heterocycles. The van der Waals surface area contributed by atoms with E-state index in [1.165, 1.54) is 5.56 Å². The first-order valence-electron chi connectivity index (χ1n) is 10.3. The molecule has 3 rings (SSSR count). The summed E-state index contributed by atoms with van der Waals surface area (Å²) in [6, 6.07) is 11.0. The van der Waals surface area contributed by atoms with Crippen LogP contribution in [0.15, 0.2) is 30.3 Å². The lowest BCUT2D eigenvalue weighted by Crippen LogP contribution is -2.59. The maximum absolute atomic E-state index is 12.5. The fourth-order valence-electron chi connectivity index (χ4n) is 4.05. The molecule has 0 aromatic heterocycles. The molecule has 0 spiro atoms. The van der Waals surface area contributed by atoms with E-state index in [-0.39, 0.29) is 24.7 Å². The van der Waals surface area contributed by atoms with E-state index >= 15 is 0 Å². The fraction of sp³-hybridized carbons (Fsp3) is 0.619. The van der Waals surface area contributed by atoms with Gasteiger partial charge in [-0.15, -0.1) is 0 Å². The number of rotatable bonds is 8. The minimum absolute atomic E-state index is 0.0208. The lowest BCUT2D eigenvalue weighted by molar-refractivity contribution is -0.139. The second kappa shape index (κ2) is 9.89. The highest BCUT2D eigenvalue weighted by Gasteiger charge is 2.35. The average Bonchev–Trinajstić information content (AvgIpc) is 2.68. The van der Waals surface area contributed by atoms with Crippen molar-refractivity contribution in [3.05, 3.63) is 35.9 Å². The second-order valence-electron chi connectivity index (χ2n) is 7.79. The molecule has 2 amide bonds. The Morgan fingerprint density at radius 1 is 1.14 bits per heavy atom. The summed E-state index contributed by atoms with van der Waals surface area (Å²) in [7, 11) is 0. The Bertz CT molecular complexity index is 640. The average molecular weight is 389 g/mol. The van der Waals surface area contributed by atoms with Crippen molar-refractivity contribution in [3.8, 4) is 0 Å². The maximum Gasteiger partial charge on any atom is 0.317 e. The summed E-state index contributed by atoms with van der Waals surface area (Å²) >= 11 is 0. The van der Waals surface area contributed by atoms with Crippen LogP contribution in [0.4, 0.5) is 4.79 Å². The Labute approximate surface area is 167 Å². The third-order valence-electron chi connectivity index (χ3n) is 5.92. The molecule has 0 radical (unpaired) electrons. The number of likely N-dealkylation sites (N-methyl/N-ethyl adjacent to an activating group) is 1. The third-order valence-corrected chi connectivity index (χ3v) is 5.92. The van der Waals surface area contributed by atoms with Gasteiger partial charge in [-0.25, -0.2) is 4.79 Å². The number of benzene rings is 1. The van der Waals surface area contributed by atoms with E-state index in [9.17, 15) is 9.59 Å². The molecule has 1 saturated carbocycles. The number of nitrogens with one attached hydrogen (secondary N) is 1. The zero-order valence-corrected chi connectivity index (χ0v) is 16.7. The van der Waals surface area contributed by atoms with Gasteiger partial charge in [0.25, 0.3) is 0 Å². The summed E-state index contributed by atoms with van der Waals surface area (Å²) in [4.78, 5) is 29.7. The number of urea groups is 1. The lowest BCUT2D eigenvalue weighted by atomic mass is 9.85. The van der Waals surface area contributed by atoms with E-state index in [1.807, 2.05) is 22.8 Å². The molecule has 7 nitrogen and oxygen atoms in total. The molecular formula is C21H32N4O3. The van der Waals surface area contributed by atoms with Crippen molar-refractivity contribution >= 4 is 12.0 Å². The Morgan fingerprint density at radius 2 is 1.82 bits per heavy atom. The molecule has 2 fully saturated rings. The van der Waals surface area contributed by atoms with Crippen LogP contribution in [0.5, 0.6) is 0 Å². The van der Waals surface area contributed by atoms with Crippen molar-refractivity contribution in [2.45, 2.75) is 38.3 Å². The predicted octanol–water partition coefficient (Wildman–Crippen LogP) is 1.49. The van der Waals surface area contributed by atoms with Crippen LogP contribution in [0.3, 0.4) is 0 Å². The highest BCUT2D eigenvalue weighted by Crippen LogP contribution is 2.25. The van der Waals surface area contributed by atoms with Crippen molar-refractivity contribution < 1.29 is 14.7 Å². The Morgan fingerprint density at radius 3 is 2.43 bits per heavy atom. The van der Waals surface area contributed by atoms with Crippen LogP contribution in [0.2, 0.25) is 0 Å². The van der Waals surface area contributed by atoms with E-state index in [0.29, 0.717) is 0 Å². The van der Waals surface area contributed by atoms with Gasteiger partial charge in [0.1, 0.15) is 0 Å². The summed E-state index contributed by atoms with van der Waals surface area (Å²) < 4.78 is 0. The summed E-state index contributed by atoms with van der Waals surface area (Å²) in [6.07, 6.45) is 2.72. The van der Waals surface area contributed by atoms with Gasteiger partial charge < -0.3 is 15.3 Å². The van der Waals surface area contributed by atoms with Gasteiger partial charge in [0.2, 0.25) is 0 Å². The molecule has 2 N–H and O–H groups in total. The first-order chi connectivity index (χ1) is 13.5. The van der Waals surface area contributed by atoms with E-state index in [1.54, 1.807) is 0 Å². The normalized spacial score (nSPS) is 22.7. The monoisotopic (exact) mass is 388 g/mol. The topological polar surface area (TPSA) is 76.1 Å². The van der Waals surface area contributed by atoms with Crippen LogP contribution >= 0.6 is 0 Å². The molecule has 28 heavy (non-hydrogen) atoms. The van der Waals surface area contributed by atoms with Gasteiger partial charge in [-0.05, 0) is 31.4 Å². The molecule has 1 heterocycles. The number of hydrogen-bond acceptors (Lipinski definition) is 4. The zero-order chi connectivity index (χ0) is 19.9. The van der Waals surface area contributed by atoms with Gasteiger partial charge in [0.05, 0.1) is 6.54 Å². The van der Waals surface area contributed by atoms with Crippen LogP contribution in [0.25, 0.3) is 0 Å². The molecule has 0 bridgehead atoms. The largest absolute Gasteiger partial charge is 0.480 e. The Balaban J connectivity index is 1.33. The predicted molar refractivity (Wildman–Crippen MR) is 108 cm³/mol. The fourth-order valence-corrected chi connectivity index (χ4v) is 4.05. The minimum Gasteiger partial charge on any atom is -0.480 e. The van der Waals surface area contributed by atoms with Crippen LogP contribution in [0.1, 0.15) is 25.3 Å². The number of piperazine rings is 1. The number of carboxylic acid groups (broad SMARTS) is 1. The smallest absolute Gasteiger partial charge is 0.317 e. The number of carbonyl (C=O) groups is 2. The third kappa shape index (κ3) is 5.69. The van der Waals surface area contributed by atoms with E-state index in [2.05, 4.69) is 34.5 Å². The summed E-state index contributed by atoms with van der Waals surface area (Å²) in [5, 5.41) is 12.1. The number of hydrogen-bond donors (Lipinski definition) is 2. The van der Waals surface area contributed by atoms with Gasteiger partial charge in [-0.2, -0.15) is 0 Å². The minimum atomic E-state index is -0.792. The number of carbonyl (C=O) groups excluding carboxylic acids is 1. The molecular weight excluding hydrogens is 356 g/mol. The SMILES string of the molecule is CCN(CC(=O)O)C1CC(NC(=O)N2CCN(CCc3ccccc3)CC2)C1. The molecule has 0 unspecified atom stereocenters. The van der Waals surface area contributed by atoms with Crippen LogP contribution < -0.4 is 5.32 Å². The van der Waals surface area contributed by atoms with Crippen LogP contribution in [0, 0.1) is 0 Å². The van der Waals surface area contributed by atoms with Crippen LogP contribution in [-0.4, -0.2) is 89.7 Å². The molecule has 1 aliphatic carbocycles. The van der Waals surface area contributed by atoms with Crippen LogP contribution in [-0.2, 0) is 11.2 Å². The van der Waals surface area contributed by atoms with Gasteiger partial charge in [0, 0.05) is 44.8 Å². The summed E-state index contributed by atoms with van der Waals surface area (Å²) in [6.45, 7) is 7.15. The zero-order valence-electron chi connectivity index (χ0n) is 16.7. The number of nitrogens with zero attached hydrogens (tertiary/aromatic N) is 3. The molecule has 1 aromatic carbocycles. The number of amides is 2. The summed E-state index contributed by atoms with van der Waals surface area (Å²) in [5.41, 5.74) is 1.35. The van der Waals surface area contributed by atoms with Crippen molar-refractivity contribution in [1.29, 1.82) is 0 Å². The Kier molecular flexibility index (Phi) is 7.28. The van der Waals surface area contributed by atoms with Crippen molar-refractivity contribution in [2.75, 3.05) is 45.8 Å². The maximum atomic E-state index is 12.5. The van der Waals surface area contributed by atoms with E-state index < -0.39 is 5.97 Å². The van der Waals surface area contributed by atoms with E-state index in [0.717, 1.165) is 58.5 Å². The van der Waals surface area contributed by atoms with Gasteiger partial charge in [-0.1, -0.05) is 37.3 Å².